The van der Waals surface area contributed by atoms with E-state index in [0.717, 1.165) is 65.0 Å². The van der Waals surface area contributed by atoms with Crippen molar-refractivity contribution in [2.45, 2.75) is 13.0 Å². The van der Waals surface area contributed by atoms with Crippen molar-refractivity contribution < 1.29 is 4.74 Å². The van der Waals surface area contributed by atoms with Gasteiger partial charge >= 0.3 is 0 Å². The highest BCUT2D eigenvalue weighted by atomic mass is 32.1. The molecule has 0 radical (unpaired) electrons. The van der Waals surface area contributed by atoms with Gasteiger partial charge in [-0.05, 0) is 24.4 Å². The molecule has 6 nitrogen and oxygen atoms in total. The summed E-state index contributed by atoms with van der Waals surface area (Å²) in [4.78, 5) is 11.8. The smallest absolute Gasteiger partial charge is 0.193 e. The van der Waals surface area contributed by atoms with Crippen molar-refractivity contribution in [3.05, 3.63) is 17.5 Å². The Kier molecular flexibility index (Phi) is 6.34. The van der Waals surface area contributed by atoms with Crippen LogP contribution in [0, 0.1) is 0 Å². The first-order valence-corrected chi connectivity index (χ1v) is 9.71. The molecule has 1 aromatic rings. The molecule has 2 aliphatic heterocycles. The largest absolute Gasteiger partial charge is 0.379 e. The predicted molar refractivity (Wildman–Crippen MR) is 101 cm³/mol. The molecule has 7 heteroatoms. The number of thiophene rings is 1. The molecule has 2 aliphatic rings. The number of anilines is 1. The number of rotatable bonds is 4. The molecule has 0 bridgehead atoms. The zero-order valence-corrected chi connectivity index (χ0v) is 15.6. The van der Waals surface area contributed by atoms with E-state index in [4.69, 9.17) is 4.74 Å². The molecule has 0 saturated carbocycles. The van der Waals surface area contributed by atoms with E-state index >= 15 is 0 Å². The number of hydrogen-bond donors (Lipinski definition) is 1. The van der Waals surface area contributed by atoms with Crippen molar-refractivity contribution in [3.63, 3.8) is 0 Å². The number of nitrogens with one attached hydrogen (secondary N) is 1. The van der Waals surface area contributed by atoms with Crippen LogP contribution in [0.3, 0.4) is 0 Å². The van der Waals surface area contributed by atoms with Gasteiger partial charge in [-0.15, -0.1) is 11.3 Å². The molecule has 0 amide bonds. The van der Waals surface area contributed by atoms with E-state index < -0.39 is 0 Å². The summed E-state index contributed by atoms with van der Waals surface area (Å²) in [6.07, 6.45) is 0. The molecule has 1 aromatic heterocycles. The number of morpholine rings is 1. The van der Waals surface area contributed by atoms with Crippen LogP contribution in [-0.2, 0) is 4.74 Å². The molecule has 2 saturated heterocycles. The van der Waals surface area contributed by atoms with Gasteiger partial charge in [0.25, 0.3) is 0 Å². The van der Waals surface area contributed by atoms with E-state index in [9.17, 15) is 0 Å². The zero-order chi connectivity index (χ0) is 16.8. The predicted octanol–water partition coefficient (Wildman–Crippen LogP) is 1.17. The van der Waals surface area contributed by atoms with Gasteiger partial charge in [0.1, 0.15) is 0 Å². The van der Waals surface area contributed by atoms with E-state index in [2.05, 4.69) is 49.4 Å². The van der Waals surface area contributed by atoms with E-state index in [1.165, 1.54) is 5.00 Å². The van der Waals surface area contributed by atoms with Gasteiger partial charge in [0, 0.05) is 58.9 Å². The highest BCUT2D eigenvalue weighted by Gasteiger charge is 2.21. The number of nitrogens with zero attached hydrogens (tertiary/aromatic N) is 4. The first-order valence-electron chi connectivity index (χ1n) is 8.84. The van der Waals surface area contributed by atoms with Gasteiger partial charge < -0.3 is 19.9 Å². The normalized spacial score (nSPS) is 23.6. The molecular formula is C17H29N5OS. The summed E-state index contributed by atoms with van der Waals surface area (Å²) in [6.45, 7) is 11.1. The summed E-state index contributed by atoms with van der Waals surface area (Å²) in [7, 11) is 1.88. The van der Waals surface area contributed by atoms with Crippen LogP contribution in [-0.4, -0.2) is 87.9 Å². The van der Waals surface area contributed by atoms with Crippen LogP contribution in [0.2, 0.25) is 0 Å². The Bertz CT molecular complexity index is 513. The second-order valence-electron chi connectivity index (χ2n) is 6.36. The van der Waals surface area contributed by atoms with Crippen molar-refractivity contribution >= 4 is 22.3 Å². The van der Waals surface area contributed by atoms with Crippen molar-refractivity contribution in [3.8, 4) is 0 Å². The second kappa shape index (κ2) is 8.69. The maximum atomic E-state index is 5.50. The summed E-state index contributed by atoms with van der Waals surface area (Å²) < 4.78 is 5.50. The highest BCUT2D eigenvalue weighted by Crippen LogP contribution is 2.22. The van der Waals surface area contributed by atoms with Crippen LogP contribution in [0.1, 0.15) is 6.92 Å². The summed E-state index contributed by atoms with van der Waals surface area (Å²) >= 11 is 1.82. The summed E-state index contributed by atoms with van der Waals surface area (Å²) in [5.74, 6) is 1.03. The lowest BCUT2D eigenvalue weighted by atomic mass is 10.2. The average Bonchev–Trinajstić information content (AvgIpc) is 3.15. The topological polar surface area (TPSA) is 43.3 Å². The van der Waals surface area contributed by atoms with Gasteiger partial charge in [-0.3, -0.25) is 9.89 Å². The van der Waals surface area contributed by atoms with E-state index in [1.54, 1.807) is 0 Å². The molecular weight excluding hydrogens is 322 g/mol. The molecule has 1 atom stereocenters. The molecule has 3 rings (SSSR count). The first kappa shape index (κ1) is 17.5. The lowest BCUT2D eigenvalue weighted by Gasteiger charge is -2.37. The number of guanidine groups is 1. The average molecular weight is 352 g/mol. The van der Waals surface area contributed by atoms with E-state index in [0.29, 0.717) is 6.04 Å². The Morgan fingerprint density at radius 1 is 1.33 bits per heavy atom. The summed E-state index contributed by atoms with van der Waals surface area (Å²) in [5, 5.41) is 7.06. The maximum absolute atomic E-state index is 5.50. The molecule has 134 valence electrons. The minimum absolute atomic E-state index is 0.511. The van der Waals surface area contributed by atoms with Crippen LogP contribution in [0.25, 0.3) is 0 Å². The van der Waals surface area contributed by atoms with Crippen LogP contribution in [0.15, 0.2) is 22.5 Å². The number of hydrogen-bond acceptors (Lipinski definition) is 5. The minimum atomic E-state index is 0.511. The Balaban J connectivity index is 1.42. The molecule has 1 unspecified atom stereocenters. The van der Waals surface area contributed by atoms with Crippen molar-refractivity contribution in [1.29, 1.82) is 0 Å². The van der Waals surface area contributed by atoms with Crippen molar-refractivity contribution in [2.75, 3.05) is 71.0 Å². The van der Waals surface area contributed by atoms with Crippen LogP contribution >= 0.6 is 11.3 Å². The van der Waals surface area contributed by atoms with Gasteiger partial charge in [0.15, 0.2) is 5.96 Å². The molecule has 0 aliphatic carbocycles. The molecule has 24 heavy (non-hydrogen) atoms. The van der Waals surface area contributed by atoms with Gasteiger partial charge in [-0.25, -0.2) is 0 Å². The fraction of sp³-hybridized carbons (Fsp3) is 0.706. The molecule has 1 N–H and O–H groups in total. The molecule has 0 spiro atoms. The Morgan fingerprint density at radius 2 is 2.17 bits per heavy atom. The van der Waals surface area contributed by atoms with Gasteiger partial charge in [-0.2, -0.15) is 0 Å². The fourth-order valence-corrected chi connectivity index (χ4v) is 4.11. The standard InChI is InChI=1S/C17H29N5OS/c1-15-14-23-12-11-20(15)6-5-19-17(18-2)22-9-7-21(8-10-22)16-4-3-13-24-16/h3-4,13,15H,5-12,14H2,1-2H3,(H,18,19). The number of piperazine rings is 1. The third kappa shape index (κ3) is 4.40. The lowest BCUT2D eigenvalue weighted by molar-refractivity contribution is 0.000824. The Hall–Kier alpha value is -1.31. The molecule has 3 heterocycles. The second-order valence-corrected chi connectivity index (χ2v) is 7.29. The van der Waals surface area contributed by atoms with E-state index in [1.807, 2.05) is 18.4 Å². The zero-order valence-electron chi connectivity index (χ0n) is 14.8. The van der Waals surface area contributed by atoms with Crippen LogP contribution < -0.4 is 10.2 Å². The van der Waals surface area contributed by atoms with Gasteiger partial charge in [0.05, 0.1) is 18.2 Å². The Morgan fingerprint density at radius 3 is 2.83 bits per heavy atom. The monoisotopic (exact) mass is 351 g/mol. The van der Waals surface area contributed by atoms with Crippen LogP contribution in [0.4, 0.5) is 5.00 Å². The summed E-state index contributed by atoms with van der Waals surface area (Å²) in [6, 6.07) is 4.84. The van der Waals surface area contributed by atoms with Gasteiger partial charge in [0.2, 0.25) is 0 Å². The third-order valence-corrected chi connectivity index (χ3v) is 5.73. The number of ether oxygens (including phenoxy) is 1. The van der Waals surface area contributed by atoms with Crippen molar-refractivity contribution in [1.82, 2.24) is 15.1 Å². The van der Waals surface area contributed by atoms with Crippen molar-refractivity contribution in [2.24, 2.45) is 4.99 Å². The number of aliphatic imine (C=N–C) groups is 1. The first-order chi connectivity index (χ1) is 11.8. The Labute approximate surface area is 149 Å². The van der Waals surface area contributed by atoms with Gasteiger partial charge in [-0.1, -0.05) is 0 Å². The van der Waals surface area contributed by atoms with Crippen LogP contribution in [0.5, 0.6) is 0 Å². The lowest BCUT2D eigenvalue weighted by Crippen LogP contribution is -2.54. The molecule has 2 fully saturated rings. The summed E-state index contributed by atoms with van der Waals surface area (Å²) in [5.41, 5.74) is 0. The fourth-order valence-electron chi connectivity index (χ4n) is 3.33. The molecule has 0 aromatic carbocycles. The maximum Gasteiger partial charge on any atom is 0.193 e. The third-order valence-electron chi connectivity index (χ3n) is 4.80. The highest BCUT2D eigenvalue weighted by molar-refractivity contribution is 7.14. The quantitative estimate of drug-likeness (QED) is 0.652. The minimum Gasteiger partial charge on any atom is -0.379 e. The SMILES string of the molecule is CN=C(NCCN1CCOCC1C)N1CCN(c2cccs2)CC1. The van der Waals surface area contributed by atoms with E-state index in [-0.39, 0.29) is 0 Å².